The van der Waals surface area contributed by atoms with Gasteiger partial charge in [0.25, 0.3) is 0 Å². The minimum absolute atomic E-state index is 0.594. The van der Waals surface area contributed by atoms with Crippen LogP contribution in [0, 0.1) is 0 Å². The number of hydrogen-bond acceptors (Lipinski definition) is 3. The summed E-state index contributed by atoms with van der Waals surface area (Å²) in [6.45, 7) is 5.48. The van der Waals surface area contributed by atoms with E-state index in [9.17, 15) is 0 Å². The number of hydrogen-bond donors (Lipinski definition) is 1. The van der Waals surface area contributed by atoms with Gasteiger partial charge in [0.15, 0.2) is 0 Å². The summed E-state index contributed by atoms with van der Waals surface area (Å²) in [6, 6.07) is 15.7. The Morgan fingerprint density at radius 3 is 2.70 bits per heavy atom. The molecule has 0 fully saturated rings. The zero-order chi connectivity index (χ0) is 14.2. The number of benzene rings is 1. The smallest absolute Gasteiger partial charge is 0.0346 e. The molecule has 1 nitrogen and oxygen atoms in total. The first-order valence-corrected chi connectivity index (χ1v) is 9.22. The Hall–Kier alpha value is -0.770. The van der Waals surface area contributed by atoms with E-state index >= 15 is 0 Å². The van der Waals surface area contributed by atoms with Crippen LogP contribution >= 0.6 is 23.1 Å². The van der Waals surface area contributed by atoms with Crippen molar-refractivity contribution in [2.45, 2.75) is 32.9 Å². The van der Waals surface area contributed by atoms with Crippen LogP contribution in [0.3, 0.4) is 0 Å². The van der Waals surface area contributed by atoms with E-state index in [1.54, 1.807) is 0 Å². The average Bonchev–Trinajstić information content (AvgIpc) is 2.95. The van der Waals surface area contributed by atoms with E-state index in [1.165, 1.54) is 33.2 Å². The molecule has 0 saturated carbocycles. The van der Waals surface area contributed by atoms with E-state index < -0.39 is 0 Å². The Morgan fingerprint density at radius 1 is 1.15 bits per heavy atom. The fourth-order valence-corrected chi connectivity index (χ4v) is 3.78. The first-order chi connectivity index (χ1) is 9.79. The highest BCUT2D eigenvalue weighted by atomic mass is 32.2. The maximum absolute atomic E-state index is 3.62. The molecule has 2 rings (SSSR count). The third-order valence-corrected chi connectivity index (χ3v) is 5.31. The van der Waals surface area contributed by atoms with Crippen molar-refractivity contribution in [1.29, 1.82) is 0 Å². The molecule has 0 aliphatic rings. The van der Waals surface area contributed by atoms with E-state index in [1.807, 2.05) is 23.1 Å². The predicted molar refractivity (Wildman–Crippen MR) is 93.7 cm³/mol. The van der Waals surface area contributed by atoms with Crippen molar-refractivity contribution in [1.82, 2.24) is 5.32 Å². The molecule has 108 valence electrons. The standard InChI is InChI=1S/C17H23NS2/c1-3-19-12-11-14(2)18-13-16-9-10-17(20-16)15-7-5-4-6-8-15/h4-10,14,18H,3,11-13H2,1-2H3. The van der Waals surface area contributed by atoms with Crippen LogP contribution in [0.2, 0.25) is 0 Å². The molecular weight excluding hydrogens is 282 g/mol. The van der Waals surface area contributed by atoms with Crippen molar-refractivity contribution in [2.75, 3.05) is 11.5 Å². The van der Waals surface area contributed by atoms with Gasteiger partial charge in [-0.05, 0) is 42.5 Å². The summed E-state index contributed by atoms with van der Waals surface area (Å²) in [5, 5.41) is 3.62. The van der Waals surface area contributed by atoms with Crippen LogP contribution in [-0.4, -0.2) is 17.5 Å². The van der Waals surface area contributed by atoms with Gasteiger partial charge >= 0.3 is 0 Å². The molecule has 20 heavy (non-hydrogen) atoms. The molecule has 0 saturated heterocycles. The summed E-state index contributed by atoms with van der Waals surface area (Å²) >= 11 is 3.91. The first kappa shape index (κ1) is 15.6. The van der Waals surface area contributed by atoms with Gasteiger partial charge in [-0.2, -0.15) is 11.8 Å². The van der Waals surface area contributed by atoms with Gasteiger partial charge in [-0.1, -0.05) is 37.3 Å². The highest BCUT2D eigenvalue weighted by Gasteiger charge is 2.05. The quantitative estimate of drug-likeness (QED) is 0.686. The summed E-state index contributed by atoms with van der Waals surface area (Å²) in [5.41, 5.74) is 1.32. The lowest BCUT2D eigenvalue weighted by atomic mass is 10.2. The lowest BCUT2D eigenvalue weighted by molar-refractivity contribution is 0.540. The Balaban J connectivity index is 1.81. The minimum Gasteiger partial charge on any atom is -0.309 e. The van der Waals surface area contributed by atoms with Crippen LogP contribution in [0.5, 0.6) is 0 Å². The Bertz CT molecular complexity index is 493. The normalized spacial score (nSPS) is 12.5. The molecule has 1 aromatic heterocycles. The van der Waals surface area contributed by atoms with Crippen molar-refractivity contribution in [3.05, 3.63) is 47.3 Å². The topological polar surface area (TPSA) is 12.0 Å². The second kappa shape index (κ2) is 8.50. The van der Waals surface area contributed by atoms with Crippen LogP contribution in [0.4, 0.5) is 0 Å². The summed E-state index contributed by atoms with van der Waals surface area (Å²) < 4.78 is 0. The van der Waals surface area contributed by atoms with Gasteiger partial charge in [-0.15, -0.1) is 11.3 Å². The van der Waals surface area contributed by atoms with Gasteiger partial charge in [0.05, 0.1) is 0 Å². The molecular formula is C17H23NS2. The van der Waals surface area contributed by atoms with Crippen molar-refractivity contribution >= 4 is 23.1 Å². The van der Waals surface area contributed by atoms with Gasteiger partial charge < -0.3 is 5.32 Å². The number of thioether (sulfide) groups is 1. The number of rotatable bonds is 8. The monoisotopic (exact) mass is 305 g/mol. The molecule has 2 aromatic rings. The van der Waals surface area contributed by atoms with Gasteiger partial charge in [-0.25, -0.2) is 0 Å². The zero-order valence-corrected chi connectivity index (χ0v) is 13.9. The largest absolute Gasteiger partial charge is 0.309 e. The highest BCUT2D eigenvalue weighted by molar-refractivity contribution is 7.99. The van der Waals surface area contributed by atoms with Crippen LogP contribution in [0.25, 0.3) is 10.4 Å². The summed E-state index contributed by atoms with van der Waals surface area (Å²) in [4.78, 5) is 2.77. The molecule has 0 aliphatic heterocycles. The Labute approximate surface area is 130 Å². The third kappa shape index (κ3) is 4.97. The summed E-state index contributed by atoms with van der Waals surface area (Å²) in [6.07, 6.45) is 1.25. The summed E-state index contributed by atoms with van der Waals surface area (Å²) in [5.74, 6) is 2.47. The van der Waals surface area contributed by atoms with Crippen molar-refractivity contribution in [3.8, 4) is 10.4 Å². The van der Waals surface area contributed by atoms with E-state index in [2.05, 4.69) is 61.6 Å². The second-order valence-electron chi connectivity index (χ2n) is 4.90. The SMILES string of the molecule is CCSCCC(C)NCc1ccc(-c2ccccc2)s1. The fourth-order valence-electron chi connectivity index (χ4n) is 2.01. The molecule has 1 atom stereocenters. The molecule has 1 N–H and O–H groups in total. The Morgan fingerprint density at radius 2 is 1.95 bits per heavy atom. The average molecular weight is 306 g/mol. The van der Waals surface area contributed by atoms with Crippen LogP contribution < -0.4 is 5.32 Å². The van der Waals surface area contributed by atoms with Crippen LogP contribution in [-0.2, 0) is 6.54 Å². The van der Waals surface area contributed by atoms with E-state index in [0.29, 0.717) is 6.04 Å². The maximum atomic E-state index is 3.62. The van der Waals surface area contributed by atoms with Gasteiger partial charge in [-0.3, -0.25) is 0 Å². The van der Waals surface area contributed by atoms with E-state index in [4.69, 9.17) is 0 Å². The summed E-state index contributed by atoms with van der Waals surface area (Å²) in [7, 11) is 0. The van der Waals surface area contributed by atoms with Crippen molar-refractivity contribution < 1.29 is 0 Å². The molecule has 0 radical (unpaired) electrons. The van der Waals surface area contributed by atoms with E-state index in [0.717, 1.165) is 6.54 Å². The van der Waals surface area contributed by atoms with Gasteiger partial charge in [0, 0.05) is 22.3 Å². The first-order valence-electron chi connectivity index (χ1n) is 7.25. The van der Waals surface area contributed by atoms with Crippen LogP contribution in [0.1, 0.15) is 25.1 Å². The number of nitrogens with one attached hydrogen (secondary N) is 1. The minimum atomic E-state index is 0.594. The van der Waals surface area contributed by atoms with Gasteiger partial charge in [0.1, 0.15) is 0 Å². The molecule has 0 aliphatic carbocycles. The molecule has 0 spiro atoms. The second-order valence-corrected chi connectivity index (χ2v) is 7.46. The highest BCUT2D eigenvalue weighted by Crippen LogP contribution is 2.27. The molecule has 3 heteroatoms. The molecule has 0 amide bonds. The molecule has 1 unspecified atom stereocenters. The third-order valence-electron chi connectivity index (χ3n) is 3.24. The van der Waals surface area contributed by atoms with Gasteiger partial charge in [0.2, 0.25) is 0 Å². The lowest BCUT2D eigenvalue weighted by Gasteiger charge is -2.12. The van der Waals surface area contributed by atoms with Crippen LogP contribution in [0.15, 0.2) is 42.5 Å². The maximum Gasteiger partial charge on any atom is 0.0346 e. The van der Waals surface area contributed by atoms with E-state index in [-0.39, 0.29) is 0 Å². The predicted octanol–water partition coefficient (Wildman–Crippen LogP) is 5.04. The Kier molecular flexibility index (Phi) is 6.64. The number of thiophene rings is 1. The van der Waals surface area contributed by atoms with Crippen molar-refractivity contribution in [2.24, 2.45) is 0 Å². The molecule has 1 heterocycles. The lowest BCUT2D eigenvalue weighted by Crippen LogP contribution is -2.25. The zero-order valence-electron chi connectivity index (χ0n) is 12.3. The fraction of sp³-hybridized carbons (Fsp3) is 0.412. The molecule has 0 bridgehead atoms. The molecule has 1 aromatic carbocycles. The van der Waals surface area contributed by atoms with Crippen molar-refractivity contribution in [3.63, 3.8) is 0 Å².